The van der Waals surface area contributed by atoms with Crippen LogP contribution in [0.4, 0.5) is 0 Å². The lowest BCUT2D eigenvalue weighted by molar-refractivity contribution is 0.0612. The number of halogens is 1. The summed E-state index contributed by atoms with van der Waals surface area (Å²) in [4.78, 5) is 4.39. The SMILES string of the molecule is OC1(c2nc(Br)cs2)CCCc2ccccc21. The fourth-order valence-electron chi connectivity index (χ4n) is 2.48. The Balaban J connectivity index is 2.15. The van der Waals surface area contributed by atoms with Crippen LogP contribution in [0.25, 0.3) is 0 Å². The van der Waals surface area contributed by atoms with E-state index in [9.17, 15) is 5.11 Å². The molecule has 0 saturated carbocycles. The van der Waals surface area contributed by atoms with Gasteiger partial charge in [-0.15, -0.1) is 11.3 Å². The molecule has 1 heterocycles. The second-order valence-electron chi connectivity index (χ2n) is 4.35. The molecule has 1 aliphatic carbocycles. The lowest BCUT2D eigenvalue weighted by Crippen LogP contribution is -2.31. The van der Waals surface area contributed by atoms with Crippen molar-refractivity contribution in [2.24, 2.45) is 0 Å². The summed E-state index contributed by atoms with van der Waals surface area (Å²) in [6.45, 7) is 0. The number of benzene rings is 1. The van der Waals surface area contributed by atoms with Gasteiger partial charge in [0, 0.05) is 5.38 Å². The van der Waals surface area contributed by atoms with Crippen molar-refractivity contribution in [2.45, 2.75) is 24.9 Å². The summed E-state index contributed by atoms with van der Waals surface area (Å²) in [5, 5.41) is 13.6. The predicted octanol–water partition coefficient (Wildman–Crippen LogP) is 3.48. The summed E-state index contributed by atoms with van der Waals surface area (Å²) in [7, 11) is 0. The minimum Gasteiger partial charge on any atom is -0.378 e. The molecule has 3 rings (SSSR count). The van der Waals surface area contributed by atoms with Crippen molar-refractivity contribution < 1.29 is 5.11 Å². The van der Waals surface area contributed by atoms with Gasteiger partial charge in [-0.3, -0.25) is 0 Å². The number of nitrogens with zero attached hydrogens (tertiary/aromatic N) is 1. The number of aryl methyl sites for hydroxylation is 1. The highest BCUT2D eigenvalue weighted by Gasteiger charge is 2.38. The van der Waals surface area contributed by atoms with Gasteiger partial charge < -0.3 is 5.11 Å². The Kier molecular flexibility index (Phi) is 2.81. The number of hydrogen-bond acceptors (Lipinski definition) is 3. The summed E-state index contributed by atoms with van der Waals surface area (Å²) >= 11 is 4.86. The molecule has 0 aliphatic heterocycles. The lowest BCUT2D eigenvalue weighted by atomic mass is 9.79. The monoisotopic (exact) mass is 309 g/mol. The van der Waals surface area contributed by atoms with Crippen molar-refractivity contribution in [3.63, 3.8) is 0 Å². The van der Waals surface area contributed by atoms with Crippen LogP contribution < -0.4 is 0 Å². The van der Waals surface area contributed by atoms with Gasteiger partial charge in [0.1, 0.15) is 15.2 Å². The van der Waals surface area contributed by atoms with E-state index in [-0.39, 0.29) is 0 Å². The molecule has 4 heteroatoms. The van der Waals surface area contributed by atoms with E-state index in [0.717, 1.165) is 34.4 Å². The van der Waals surface area contributed by atoms with Gasteiger partial charge in [0.2, 0.25) is 0 Å². The molecule has 1 N–H and O–H groups in total. The van der Waals surface area contributed by atoms with Crippen LogP contribution in [-0.2, 0) is 12.0 Å². The molecule has 1 unspecified atom stereocenters. The van der Waals surface area contributed by atoms with Gasteiger partial charge in [-0.1, -0.05) is 24.3 Å². The second kappa shape index (κ2) is 4.19. The quantitative estimate of drug-likeness (QED) is 0.875. The van der Waals surface area contributed by atoms with Crippen molar-refractivity contribution in [3.05, 3.63) is 50.4 Å². The first-order chi connectivity index (χ1) is 8.20. The fraction of sp³-hybridized carbons (Fsp3) is 0.308. The summed E-state index contributed by atoms with van der Waals surface area (Å²) in [6, 6.07) is 8.13. The van der Waals surface area contributed by atoms with E-state index >= 15 is 0 Å². The van der Waals surface area contributed by atoms with E-state index in [1.54, 1.807) is 0 Å². The van der Waals surface area contributed by atoms with Crippen LogP contribution in [0.3, 0.4) is 0 Å². The van der Waals surface area contributed by atoms with Gasteiger partial charge in [0.15, 0.2) is 0 Å². The Bertz CT molecular complexity index is 554. The highest BCUT2D eigenvalue weighted by Crippen LogP contribution is 2.41. The second-order valence-corrected chi connectivity index (χ2v) is 6.02. The summed E-state index contributed by atoms with van der Waals surface area (Å²) < 4.78 is 0.800. The highest BCUT2D eigenvalue weighted by atomic mass is 79.9. The molecule has 17 heavy (non-hydrogen) atoms. The molecule has 0 bridgehead atoms. The third-order valence-corrected chi connectivity index (χ3v) is 4.98. The zero-order valence-corrected chi connectivity index (χ0v) is 11.6. The van der Waals surface area contributed by atoms with Gasteiger partial charge in [-0.05, 0) is 46.3 Å². The lowest BCUT2D eigenvalue weighted by Gasteiger charge is -2.32. The fourth-order valence-corrected chi connectivity index (χ4v) is 3.87. The zero-order valence-electron chi connectivity index (χ0n) is 9.19. The third-order valence-electron chi connectivity index (χ3n) is 3.28. The molecule has 2 aromatic rings. The highest BCUT2D eigenvalue weighted by molar-refractivity contribution is 9.10. The first-order valence-corrected chi connectivity index (χ1v) is 7.30. The topological polar surface area (TPSA) is 33.1 Å². The molecule has 1 aliphatic rings. The van der Waals surface area contributed by atoms with Gasteiger partial charge in [-0.2, -0.15) is 0 Å². The molecule has 2 nitrogen and oxygen atoms in total. The van der Waals surface area contributed by atoms with Crippen LogP contribution in [0, 0.1) is 0 Å². The summed E-state index contributed by atoms with van der Waals surface area (Å²) in [5.74, 6) is 0. The molecular formula is C13H12BrNOS. The Morgan fingerprint density at radius 1 is 1.35 bits per heavy atom. The minimum atomic E-state index is -0.897. The Morgan fingerprint density at radius 3 is 2.94 bits per heavy atom. The predicted molar refractivity (Wildman–Crippen MR) is 72.2 cm³/mol. The molecule has 0 amide bonds. The van der Waals surface area contributed by atoms with E-state index in [1.165, 1.54) is 16.9 Å². The molecule has 1 aromatic heterocycles. The van der Waals surface area contributed by atoms with Crippen LogP contribution in [0.2, 0.25) is 0 Å². The average molecular weight is 310 g/mol. The van der Waals surface area contributed by atoms with Crippen LogP contribution in [0.15, 0.2) is 34.2 Å². The molecule has 1 aromatic carbocycles. The minimum absolute atomic E-state index is 0.754. The van der Waals surface area contributed by atoms with E-state index in [4.69, 9.17) is 0 Å². The van der Waals surface area contributed by atoms with Crippen LogP contribution in [-0.4, -0.2) is 10.1 Å². The standard InChI is InChI=1S/C13H12BrNOS/c14-11-8-17-12(15-11)13(16)7-3-5-9-4-1-2-6-10(9)13/h1-2,4,6,8,16H,3,5,7H2. The first-order valence-electron chi connectivity index (χ1n) is 5.62. The van der Waals surface area contributed by atoms with Gasteiger partial charge >= 0.3 is 0 Å². The maximum absolute atomic E-state index is 10.9. The molecule has 0 fully saturated rings. The van der Waals surface area contributed by atoms with Crippen LogP contribution >= 0.6 is 27.3 Å². The molecule has 0 spiro atoms. The maximum Gasteiger partial charge on any atom is 0.141 e. The van der Waals surface area contributed by atoms with Crippen LogP contribution in [0.1, 0.15) is 29.0 Å². The number of hydrogen-bond donors (Lipinski definition) is 1. The van der Waals surface area contributed by atoms with Crippen LogP contribution in [0.5, 0.6) is 0 Å². The number of aromatic nitrogens is 1. The van der Waals surface area contributed by atoms with Gasteiger partial charge in [0.05, 0.1) is 0 Å². The largest absolute Gasteiger partial charge is 0.378 e. The Morgan fingerprint density at radius 2 is 2.18 bits per heavy atom. The van der Waals surface area contributed by atoms with E-state index in [2.05, 4.69) is 27.0 Å². The summed E-state index contributed by atoms with van der Waals surface area (Å²) in [5.41, 5.74) is 1.37. The number of fused-ring (bicyclic) bond motifs is 1. The number of rotatable bonds is 1. The molecule has 88 valence electrons. The van der Waals surface area contributed by atoms with Crippen molar-refractivity contribution in [3.8, 4) is 0 Å². The molecule has 0 saturated heterocycles. The average Bonchev–Trinajstić information content (AvgIpc) is 2.77. The number of aliphatic hydroxyl groups is 1. The van der Waals surface area contributed by atoms with E-state index in [0.29, 0.717) is 0 Å². The smallest absolute Gasteiger partial charge is 0.141 e. The molecule has 0 radical (unpaired) electrons. The Labute approximate surface area is 112 Å². The van der Waals surface area contributed by atoms with Gasteiger partial charge in [0.25, 0.3) is 0 Å². The molecule has 1 atom stereocenters. The normalized spacial score (nSPS) is 23.4. The van der Waals surface area contributed by atoms with Crippen molar-refractivity contribution in [1.82, 2.24) is 4.98 Å². The Hall–Kier alpha value is -0.710. The third kappa shape index (κ3) is 1.84. The van der Waals surface area contributed by atoms with Crippen molar-refractivity contribution in [1.29, 1.82) is 0 Å². The maximum atomic E-state index is 10.9. The molecular weight excluding hydrogens is 298 g/mol. The van der Waals surface area contributed by atoms with Crippen molar-refractivity contribution >= 4 is 27.3 Å². The van der Waals surface area contributed by atoms with Gasteiger partial charge in [-0.25, -0.2) is 4.98 Å². The first kappa shape index (κ1) is 11.4. The van der Waals surface area contributed by atoms with E-state index < -0.39 is 5.60 Å². The summed E-state index contributed by atoms with van der Waals surface area (Å²) in [6.07, 6.45) is 2.81. The zero-order chi connectivity index (χ0) is 11.9. The van der Waals surface area contributed by atoms with Crippen molar-refractivity contribution in [2.75, 3.05) is 0 Å². The van der Waals surface area contributed by atoms with E-state index in [1.807, 2.05) is 23.6 Å². The number of thiazole rings is 1.